The number of hydrogen-bond acceptors (Lipinski definition) is 1. The number of rotatable bonds is 2. The molecule has 0 bridgehead atoms. The second-order valence-electron chi connectivity index (χ2n) is 3.49. The summed E-state index contributed by atoms with van der Waals surface area (Å²) >= 11 is 0. The Hall–Kier alpha value is -0.460. The molecular formula is C9H16O. The zero-order chi connectivity index (χ0) is 7.72. The number of ether oxygens (including phenoxy) is 1. The maximum Gasteiger partial charge on any atom is 0.113 e. The Morgan fingerprint density at radius 1 is 1.10 bits per heavy atom. The molecule has 0 N–H and O–H groups in total. The predicted octanol–water partition coefficient (Wildman–Crippen LogP) is 2.58. The molecule has 0 saturated carbocycles. The van der Waals surface area contributed by atoms with Crippen molar-refractivity contribution in [3.05, 3.63) is 11.3 Å². The topological polar surface area (TPSA) is 9.23 Å². The molecular weight excluding hydrogens is 124 g/mol. The highest BCUT2D eigenvalue weighted by Crippen LogP contribution is 2.30. The molecule has 1 rings (SSSR count). The van der Waals surface area contributed by atoms with Crippen molar-refractivity contribution in [3.63, 3.8) is 0 Å². The molecule has 0 aromatic heterocycles. The van der Waals surface area contributed by atoms with Gasteiger partial charge >= 0.3 is 0 Å². The fraction of sp³-hybridized carbons (Fsp3) is 0.778. The quantitative estimate of drug-likeness (QED) is 0.573. The van der Waals surface area contributed by atoms with Gasteiger partial charge < -0.3 is 4.74 Å². The predicted molar refractivity (Wildman–Crippen MR) is 42.7 cm³/mol. The van der Waals surface area contributed by atoms with Crippen molar-refractivity contribution >= 4 is 0 Å². The van der Waals surface area contributed by atoms with Crippen LogP contribution >= 0.6 is 0 Å². The average molecular weight is 140 g/mol. The first-order valence-electron chi connectivity index (χ1n) is 3.98. The van der Waals surface area contributed by atoms with Gasteiger partial charge in [0.25, 0.3) is 0 Å². The lowest BCUT2D eigenvalue weighted by Gasteiger charge is -2.30. The third kappa shape index (κ3) is 1.18. The monoisotopic (exact) mass is 140 g/mol. The highest BCUT2D eigenvalue weighted by Gasteiger charge is 2.23. The van der Waals surface area contributed by atoms with E-state index in [-0.39, 0.29) is 0 Å². The third-order valence-corrected chi connectivity index (χ3v) is 1.92. The lowest BCUT2D eigenvalue weighted by Crippen LogP contribution is -2.21. The summed E-state index contributed by atoms with van der Waals surface area (Å²) in [6.45, 7) is 9.67. The van der Waals surface area contributed by atoms with Crippen LogP contribution in [0.3, 0.4) is 0 Å². The summed E-state index contributed by atoms with van der Waals surface area (Å²) in [5.41, 5.74) is 1.51. The Morgan fingerprint density at radius 2 is 1.70 bits per heavy atom. The zero-order valence-corrected chi connectivity index (χ0v) is 7.27. The molecule has 0 aromatic rings. The van der Waals surface area contributed by atoms with Crippen LogP contribution in [0.5, 0.6) is 0 Å². The van der Waals surface area contributed by atoms with Crippen molar-refractivity contribution < 1.29 is 4.74 Å². The molecule has 0 aliphatic carbocycles. The van der Waals surface area contributed by atoms with Gasteiger partial charge in [-0.2, -0.15) is 0 Å². The Balaban J connectivity index is 2.67. The molecule has 58 valence electrons. The standard InChI is InChI=1S/C9H16O/c1-6(2)8-5-10-9(8)7(3)4/h6-7H,5H2,1-4H3. The molecule has 0 saturated heterocycles. The molecule has 0 unspecified atom stereocenters. The molecule has 1 aliphatic heterocycles. The number of allylic oxidation sites excluding steroid dienone is 1. The van der Waals surface area contributed by atoms with Gasteiger partial charge in [0.2, 0.25) is 0 Å². The van der Waals surface area contributed by atoms with Crippen LogP contribution in [0.4, 0.5) is 0 Å². The van der Waals surface area contributed by atoms with Crippen molar-refractivity contribution in [2.75, 3.05) is 6.61 Å². The lowest BCUT2D eigenvalue weighted by atomic mass is 9.94. The minimum absolute atomic E-state index is 0.575. The molecule has 1 nitrogen and oxygen atoms in total. The lowest BCUT2D eigenvalue weighted by molar-refractivity contribution is 0.136. The van der Waals surface area contributed by atoms with E-state index in [2.05, 4.69) is 27.7 Å². The van der Waals surface area contributed by atoms with Crippen molar-refractivity contribution in [1.82, 2.24) is 0 Å². The van der Waals surface area contributed by atoms with Crippen LogP contribution in [0.2, 0.25) is 0 Å². The van der Waals surface area contributed by atoms with Crippen LogP contribution in [0, 0.1) is 11.8 Å². The molecule has 0 spiro atoms. The van der Waals surface area contributed by atoms with Gasteiger partial charge in [-0.05, 0) is 5.92 Å². The van der Waals surface area contributed by atoms with Crippen LogP contribution in [0.1, 0.15) is 27.7 Å². The highest BCUT2D eigenvalue weighted by molar-refractivity contribution is 5.20. The highest BCUT2D eigenvalue weighted by atomic mass is 16.5. The molecule has 0 amide bonds. The first-order chi connectivity index (χ1) is 4.63. The second-order valence-corrected chi connectivity index (χ2v) is 3.49. The van der Waals surface area contributed by atoms with Gasteiger partial charge in [-0.3, -0.25) is 0 Å². The van der Waals surface area contributed by atoms with Crippen LogP contribution in [0.15, 0.2) is 11.3 Å². The zero-order valence-electron chi connectivity index (χ0n) is 7.27. The smallest absolute Gasteiger partial charge is 0.113 e. The Bertz CT molecular complexity index is 136. The van der Waals surface area contributed by atoms with Gasteiger partial charge in [0.05, 0.1) is 0 Å². The summed E-state index contributed by atoms with van der Waals surface area (Å²) in [5.74, 6) is 2.48. The van der Waals surface area contributed by atoms with E-state index in [4.69, 9.17) is 4.74 Å². The molecule has 0 atom stereocenters. The Morgan fingerprint density at radius 3 is 1.80 bits per heavy atom. The summed E-state index contributed by atoms with van der Waals surface area (Å²) in [6, 6.07) is 0. The van der Waals surface area contributed by atoms with Crippen LogP contribution < -0.4 is 0 Å². The largest absolute Gasteiger partial charge is 0.493 e. The van der Waals surface area contributed by atoms with E-state index in [9.17, 15) is 0 Å². The van der Waals surface area contributed by atoms with Crippen LogP contribution in [-0.2, 0) is 4.74 Å². The molecule has 1 heterocycles. The average Bonchev–Trinajstić information content (AvgIpc) is 1.56. The van der Waals surface area contributed by atoms with Gasteiger partial charge in [-0.25, -0.2) is 0 Å². The first-order valence-corrected chi connectivity index (χ1v) is 3.98. The van der Waals surface area contributed by atoms with Gasteiger partial charge in [-0.15, -0.1) is 0 Å². The van der Waals surface area contributed by atoms with Gasteiger partial charge in [0, 0.05) is 11.5 Å². The molecule has 1 aliphatic rings. The summed E-state index contributed by atoms with van der Waals surface area (Å²) in [7, 11) is 0. The van der Waals surface area contributed by atoms with Gasteiger partial charge in [0.15, 0.2) is 0 Å². The summed E-state index contributed by atoms with van der Waals surface area (Å²) in [6.07, 6.45) is 0. The van der Waals surface area contributed by atoms with E-state index in [1.807, 2.05) is 0 Å². The first kappa shape index (κ1) is 7.64. The van der Waals surface area contributed by atoms with E-state index in [0.717, 1.165) is 6.61 Å². The third-order valence-electron chi connectivity index (χ3n) is 1.92. The molecule has 10 heavy (non-hydrogen) atoms. The van der Waals surface area contributed by atoms with E-state index >= 15 is 0 Å². The maximum absolute atomic E-state index is 5.35. The van der Waals surface area contributed by atoms with E-state index in [1.165, 1.54) is 11.3 Å². The summed E-state index contributed by atoms with van der Waals surface area (Å²) in [5, 5.41) is 0. The normalized spacial score (nSPS) is 17.8. The van der Waals surface area contributed by atoms with Gasteiger partial charge in [0.1, 0.15) is 12.4 Å². The second kappa shape index (κ2) is 2.65. The maximum atomic E-state index is 5.35. The molecule has 0 fully saturated rings. The van der Waals surface area contributed by atoms with Gasteiger partial charge in [-0.1, -0.05) is 27.7 Å². The Kier molecular flexibility index (Phi) is 2.02. The van der Waals surface area contributed by atoms with Crippen molar-refractivity contribution in [3.8, 4) is 0 Å². The minimum atomic E-state index is 0.575. The van der Waals surface area contributed by atoms with E-state index in [1.54, 1.807) is 0 Å². The van der Waals surface area contributed by atoms with E-state index < -0.39 is 0 Å². The molecule has 0 aromatic carbocycles. The molecule has 0 radical (unpaired) electrons. The van der Waals surface area contributed by atoms with Crippen LogP contribution in [0.25, 0.3) is 0 Å². The fourth-order valence-corrected chi connectivity index (χ4v) is 1.23. The summed E-state index contributed by atoms with van der Waals surface area (Å²) in [4.78, 5) is 0. The van der Waals surface area contributed by atoms with Crippen molar-refractivity contribution in [2.45, 2.75) is 27.7 Å². The summed E-state index contributed by atoms with van der Waals surface area (Å²) < 4.78 is 5.35. The SMILES string of the molecule is CC(C)C1=C(C(C)C)OC1. The van der Waals surface area contributed by atoms with Crippen molar-refractivity contribution in [2.24, 2.45) is 11.8 Å². The molecule has 1 heteroatoms. The van der Waals surface area contributed by atoms with E-state index in [0.29, 0.717) is 11.8 Å². The minimum Gasteiger partial charge on any atom is -0.493 e. The van der Waals surface area contributed by atoms with Crippen LogP contribution in [-0.4, -0.2) is 6.61 Å². The number of hydrogen-bond donors (Lipinski definition) is 0. The Labute approximate surface area is 63.1 Å². The fourth-order valence-electron chi connectivity index (χ4n) is 1.23. The van der Waals surface area contributed by atoms with Crippen molar-refractivity contribution in [1.29, 1.82) is 0 Å².